The van der Waals surface area contributed by atoms with Crippen LogP contribution in [0.15, 0.2) is 12.5 Å². The largest absolute Gasteiger partial charge is 0.347 e. The summed E-state index contributed by atoms with van der Waals surface area (Å²) in [7, 11) is 1.79. The molecule has 0 aliphatic rings. The summed E-state index contributed by atoms with van der Waals surface area (Å²) in [5.74, 6) is -0.0908. The fraction of sp³-hybridized carbons (Fsp3) is 0.500. The molecular weight excluding hydrogens is 234 g/mol. The van der Waals surface area contributed by atoms with Crippen molar-refractivity contribution in [3.8, 4) is 0 Å². The summed E-state index contributed by atoms with van der Waals surface area (Å²) >= 11 is 3.29. The first-order valence-electron chi connectivity index (χ1n) is 3.98. The van der Waals surface area contributed by atoms with Crippen LogP contribution >= 0.6 is 15.9 Å². The highest BCUT2D eigenvalue weighted by Gasteiger charge is 2.11. The average molecular weight is 246 g/mol. The van der Waals surface area contributed by atoms with E-state index in [0.29, 0.717) is 5.69 Å². The van der Waals surface area contributed by atoms with Gasteiger partial charge < -0.3 is 9.88 Å². The molecule has 0 saturated heterocycles. The highest BCUT2D eigenvalue weighted by molar-refractivity contribution is 9.09. The van der Waals surface area contributed by atoms with E-state index in [9.17, 15) is 4.79 Å². The number of carbonyl (C=O) groups is 1. The molecule has 0 fully saturated rings. The Hall–Kier alpha value is -0.840. The Morgan fingerprint density at radius 2 is 2.54 bits per heavy atom. The summed E-state index contributed by atoms with van der Waals surface area (Å²) < 4.78 is 1.69. The molecule has 5 heteroatoms. The van der Waals surface area contributed by atoms with E-state index in [1.54, 1.807) is 24.1 Å². The lowest BCUT2D eigenvalue weighted by Gasteiger charge is -2.10. The maximum absolute atomic E-state index is 11.5. The molecule has 0 radical (unpaired) electrons. The lowest BCUT2D eigenvalue weighted by atomic mass is 10.3. The minimum Gasteiger partial charge on any atom is -0.347 e. The van der Waals surface area contributed by atoms with Crippen LogP contribution < -0.4 is 5.32 Å². The monoisotopic (exact) mass is 245 g/mol. The molecule has 1 rings (SSSR count). The Kier molecular flexibility index (Phi) is 3.48. The van der Waals surface area contributed by atoms with Gasteiger partial charge in [0.2, 0.25) is 0 Å². The molecule has 1 amide bonds. The normalized spacial score (nSPS) is 12.5. The molecule has 0 aromatic carbocycles. The van der Waals surface area contributed by atoms with Gasteiger partial charge >= 0.3 is 0 Å². The van der Waals surface area contributed by atoms with Gasteiger partial charge in [-0.25, -0.2) is 4.98 Å². The van der Waals surface area contributed by atoms with Gasteiger partial charge in [-0.15, -0.1) is 0 Å². The molecule has 0 bridgehead atoms. The third kappa shape index (κ3) is 2.55. The number of amides is 1. The second-order valence-corrected chi connectivity index (χ2v) is 3.57. The van der Waals surface area contributed by atoms with Crippen LogP contribution in [0.5, 0.6) is 0 Å². The molecule has 4 nitrogen and oxygen atoms in total. The first kappa shape index (κ1) is 10.2. The maximum Gasteiger partial charge on any atom is 0.269 e. The van der Waals surface area contributed by atoms with E-state index in [0.717, 1.165) is 5.33 Å². The van der Waals surface area contributed by atoms with Crippen molar-refractivity contribution in [2.75, 3.05) is 5.33 Å². The first-order chi connectivity index (χ1) is 6.15. The molecule has 72 valence electrons. The van der Waals surface area contributed by atoms with E-state index in [2.05, 4.69) is 26.2 Å². The van der Waals surface area contributed by atoms with E-state index >= 15 is 0 Å². The second kappa shape index (κ2) is 4.41. The minimum atomic E-state index is -0.0908. The molecule has 0 spiro atoms. The van der Waals surface area contributed by atoms with Crippen LogP contribution in [0.4, 0.5) is 0 Å². The molecule has 1 atom stereocenters. The minimum absolute atomic E-state index is 0.0908. The maximum atomic E-state index is 11.5. The first-order valence-corrected chi connectivity index (χ1v) is 5.10. The van der Waals surface area contributed by atoms with Crippen molar-refractivity contribution in [1.82, 2.24) is 14.9 Å². The van der Waals surface area contributed by atoms with Gasteiger partial charge in [-0.1, -0.05) is 15.9 Å². The molecule has 0 saturated carbocycles. The SMILES string of the molecule is CC(CBr)NC(=O)c1cncn1C. The van der Waals surface area contributed by atoms with Crippen molar-refractivity contribution in [3.05, 3.63) is 18.2 Å². The zero-order chi connectivity index (χ0) is 9.84. The summed E-state index contributed by atoms with van der Waals surface area (Å²) in [6, 6.07) is 0.127. The van der Waals surface area contributed by atoms with E-state index in [1.807, 2.05) is 6.92 Å². The van der Waals surface area contributed by atoms with Gasteiger partial charge in [-0.05, 0) is 6.92 Å². The van der Waals surface area contributed by atoms with Crippen LogP contribution in [0, 0.1) is 0 Å². The molecule has 1 heterocycles. The number of halogens is 1. The number of nitrogens with zero attached hydrogens (tertiary/aromatic N) is 2. The van der Waals surface area contributed by atoms with Crippen LogP contribution in [0.3, 0.4) is 0 Å². The number of hydrogen-bond acceptors (Lipinski definition) is 2. The van der Waals surface area contributed by atoms with Crippen LogP contribution in [0.25, 0.3) is 0 Å². The van der Waals surface area contributed by atoms with E-state index in [1.165, 1.54) is 0 Å². The summed E-state index contributed by atoms with van der Waals surface area (Å²) in [5, 5.41) is 3.57. The Bertz CT molecular complexity index is 297. The molecule has 1 aromatic rings. The van der Waals surface area contributed by atoms with Crippen LogP contribution in [0.2, 0.25) is 0 Å². The fourth-order valence-corrected chi connectivity index (χ4v) is 1.07. The number of alkyl halides is 1. The summed E-state index contributed by atoms with van der Waals surface area (Å²) in [6.07, 6.45) is 3.16. The van der Waals surface area contributed by atoms with Crippen molar-refractivity contribution < 1.29 is 4.79 Å². The molecular formula is C8H12BrN3O. The number of rotatable bonds is 3. The lowest BCUT2D eigenvalue weighted by molar-refractivity contribution is 0.0935. The van der Waals surface area contributed by atoms with Gasteiger partial charge in [0.1, 0.15) is 5.69 Å². The molecule has 0 aliphatic carbocycles. The van der Waals surface area contributed by atoms with Gasteiger partial charge in [0, 0.05) is 18.4 Å². The number of nitrogens with one attached hydrogen (secondary N) is 1. The summed E-state index contributed by atoms with van der Waals surface area (Å²) in [6.45, 7) is 1.93. The molecule has 13 heavy (non-hydrogen) atoms. The fourth-order valence-electron chi connectivity index (χ4n) is 0.912. The Labute approximate surface area is 85.5 Å². The zero-order valence-corrected chi connectivity index (χ0v) is 9.21. The predicted molar refractivity (Wildman–Crippen MR) is 53.9 cm³/mol. The zero-order valence-electron chi connectivity index (χ0n) is 7.62. The summed E-state index contributed by atoms with van der Waals surface area (Å²) in [5.41, 5.74) is 0.577. The van der Waals surface area contributed by atoms with Crippen molar-refractivity contribution in [3.63, 3.8) is 0 Å². The number of carbonyl (C=O) groups excluding carboxylic acids is 1. The van der Waals surface area contributed by atoms with Gasteiger partial charge in [0.15, 0.2) is 0 Å². The number of aryl methyl sites for hydroxylation is 1. The molecule has 1 unspecified atom stereocenters. The Morgan fingerprint density at radius 1 is 1.85 bits per heavy atom. The Morgan fingerprint density at radius 3 is 3.00 bits per heavy atom. The quantitative estimate of drug-likeness (QED) is 0.806. The van der Waals surface area contributed by atoms with E-state index in [-0.39, 0.29) is 11.9 Å². The van der Waals surface area contributed by atoms with Crippen LogP contribution in [-0.2, 0) is 7.05 Å². The number of imidazole rings is 1. The van der Waals surface area contributed by atoms with Crippen LogP contribution in [-0.4, -0.2) is 26.8 Å². The topological polar surface area (TPSA) is 46.9 Å². The molecule has 0 aliphatic heterocycles. The lowest BCUT2D eigenvalue weighted by Crippen LogP contribution is -2.34. The highest BCUT2D eigenvalue weighted by Crippen LogP contribution is 1.97. The predicted octanol–water partition coefficient (Wildman–Crippen LogP) is 0.933. The van der Waals surface area contributed by atoms with Crippen LogP contribution in [0.1, 0.15) is 17.4 Å². The van der Waals surface area contributed by atoms with Gasteiger partial charge in [-0.3, -0.25) is 4.79 Å². The van der Waals surface area contributed by atoms with Crippen molar-refractivity contribution in [2.24, 2.45) is 7.05 Å². The van der Waals surface area contributed by atoms with Gasteiger partial charge in [0.25, 0.3) is 5.91 Å². The highest BCUT2D eigenvalue weighted by atomic mass is 79.9. The standard InChI is InChI=1S/C8H12BrN3O/c1-6(3-9)11-8(13)7-4-10-5-12(7)2/h4-6H,3H2,1-2H3,(H,11,13). The average Bonchev–Trinajstić information content (AvgIpc) is 2.51. The van der Waals surface area contributed by atoms with Crippen molar-refractivity contribution in [2.45, 2.75) is 13.0 Å². The summed E-state index contributed by atoms with van der Waals surface area (Å²) in [4.78, 5) is 15.4. The smallest absolute Gasteiger partial charge is 0.269 e. The second-order valence-electron chi connectivity index (χ2n) is 2.92. The van der Waals surface area contributed by atoms with Gasteiger partial charge in [-0.2, -0.15) is 0 Å². The molecule has 1 N–H and O–H groups in total. The third-order valence-corrected chi connectivity index (χ3v) is 2.63. The van der Waals surface area contributed by atoms with E-state index in [4.69, 9.17) is 0 Å². The Balaban J connectivity index is 2.64. The van der Waals surface area contributed by atoms with Crippen molar-refractivity contribution in [1.29, 1.82) is 0 Å². The number of aromatic nitrogens is 2. The molecule has 1 aromatic heterocycles. The third-order valence-electron chi connectivity index (χ3n) is 1.66. The van der Waals surface area contributed by atoms with E-state index < -0.39 is 0 Å². The van der Waals surface area contributed by atoms with Gasteiger partial charge in [0.05, 0.1) is 12.5 Å². The van der Waals surface area contributed by atoms with Crippen molar-refractivity contribution >= 4 is 21.8 Å². The number of hydrogen-bond donors (Lipinski definition) is 1.